The highest BCUT2D eigenvalue weighted by Gasteiger charge is 2.38. The number of hydrogen-bond acceptors (Lipinski definition) is 3. The lowest BCUT2D eigenvalue weighted by Gasteiger charge is -2.10. The van der Waals surface area contributed by atoms with Crippen LogP contribution in [-0.4, -0.2) is 25.2 Å². The molecule has 0 saturated carbocycles. The first-order chi connectivity index (χ1) is 8.36. The molecular formula is C11H10F3NO3. The maximum absolute atomic E-state index is 12.0. The van der Waals surface area contributed by atoms with Crippen LogP contribution < -0.4 is 5.32 Å². The van der Waals surface area contributed by atoms with Gasteiger partial charge in [0, 0.05) is 6.54 Å². The quantitative estimate of drug-likeness (QED) is 0.842. The van der Waals surface area contributed by atoms with E-state index in [1.54, 1.807) is 17.4 Å². The first-order valence-corrected chi connectivity index (χ1v) is 4.87. The molecule has 0 fully saturated rings. The van der Waals surface area contributed by atoms with Gasteiger partial charge in [-0.25, -0.2) is 4.79 Å². The van der Waals surface area contributed by atoms with E-state index in [2.05, 4.69) is 4.74 Å². The normalized spacial score (nSPS) is 10.9. The van der Waals surface area contributed by atoms with Crippen molar-refractivity contribution in [1.29, 1.82) is 0 Å². The van der Waals surface area contributed by atoms with E-state index < -0.39 is 24.6 Å². The fourth-order valence-corrected chi connectivity index (χ4v) is 1.26. The molecule has 0 bridgehead atoms. The van der Waals surface area contributed by atoms with Crippen LogP contribution in [0.2, 0.25) is 0 Å². The molecule has 7 heteroatoms. The Morgan fingerprint density at radius 2 is 1.89 bits per heavy atom. The monoisotopic (exact) mass is 261 g/mol. The van der Waals surface area contributed by atoms with Crippen LogP contribution in [0.1, 0.15) is 15.9 Å². The molecule has 1 amide bonds. The SMILES string of the molecule is COC(=O)c1ccccc1CNC(=O)C(F)(F)F. The van der Waals surface area contributed by atoms with E-state index in [0.29, 0.717) is 0 Å². The summed E-state index contributed by atoms with van der Waals surface area (Å²) in [6.07, 6.45) is -4.94. The standard InChI is InChI=1S/C11H10F3NO3/c1-18-9(16)8-5-3-2-4-7(8)6-15-10(17)11(12,13)14/h2-5H,6H2,1H3,(H,15,17). The predicted molar refractivity (Wildman–Crippen MR) is 55.7 cm³/mol. The minimum absolute atomic E-state index is 0.113. The molecule has 0 heterocycles. The minimum atomic E-state index is -4.94. The molecule has 1 N–H and O–H groups in total. The van der Waals surface area contributed by atoms with Crippen molar-refractivity contribution >= 4 is 11.9 Å². The predicted octanol–water partition coefficient (Wildman–Crippen LogP) is 1.65. The first-order valence-electron chi connectivity index (χ1n) is 4.87. The highest BCUT2D eigenvalue weighted by atomic mass is 19.4. The number of amides is 1. The lowest BCUT2D eigenvalue weighted by atomic mass is 10.1. The van der Waals surface area contributed by atoms with Crippen LogP contribution >= 0.6 is 0 Å². The number of rotatable bonds is 3. The van der Waals surface area contributed by atoms with E-state index in [4.69, 9.17) is 0 Å². The second-order valence-electron chi connectivity index (χ2n) is 3.33. The summed E-state index contributed by atoms with van der Waals surface area (Å²) in [5.41, 5.74) is 0.365. The van der Waals surface area contributed by atoms with Gasteiger partial charge in [-0.05, 0) is 11.6 Å². The van der Waals surface area contributed by atoms with Gasteiger partial charge in [-0.15, -0.1) is 0 Å². The van der Waals surface area contributed by atoms with Gasteiger partial charge in [-0.3, -0.25) is 4.79 Å². The van der Waals surface area contributed by atoms with Gasteiger partial charge < -0.3 is 10.1 Å². The van der Waals surface area contributed by atoms with Crippen LogP contribution in [0.3, 0.4) is 0 Å². The van der Waals surface area contributed by atoms with Crippen molar-refractivity contribution in [2.75, 3.05) is 7.11 Å². The number of methoxy groups -OCH3 is 1. The smallest absolute Gasteiger partial charge is 0.465 e. The van der Waals surface area contributed by atoms with Crippen LogP contribution in [0.5, 0.6) is 0 Å². The molecular weight excluding hydrogens is 251 g/mol. The number of halogens is 3. The van der Waals surface area contributed by atoms with E-state index in [1.807, 2.05) is 0 Å². The third kappa shape index (κ3) is 3.47. The molecule has 0 saturated heterocycles. The van der Waals surface area contributed by atoms with Crippen LogP contribution in [-0.2, 0) is 16.1 Å². The maximum atomic E-state index is 12.0. The largest absolute Gasteiger partial charge is 0.471 e. The summed E-state index contributed by atoms with van der Waals surface area (Å²) in [5, 5.41) is 1.69. The maximum Gasteiger partial charge on any atom is 0.471 e. The van der Waals surface area contributed by atoms with Crippen molar-refractivity contribution in [3.8, 4) is 0 Å². The summed E-state index contributed by atoms with van der Waals surface area (Å²) < 4.78 is 40.4. The van der Waals surface area contributed by atoms with Gasteiger partial charge in [0.25, 0.3) is 0 Å². The molecule has 4 nitrogen and oxygen atoms in total. The zero-order chi connectivity index (χ0) is 13.8. The van der Waals surface area contributed by atoms with Gasteiger partial charge in [0.15, 0.2) is 0 Å². The summed E-state index contributed by atoms with van der Waals surface area (Å²) in [4.78, 5) is 22.0. The summed E-state index contributed by atoms with van der Waals surface area (Å²) >= 11 is 0. The Kier molecular flexibility index (Phi) is 4.30. The van der Waals surface area contributed by atoms with E-state index in [0.717, 1.165) is 7.11 Å². The van der Waals surface area contributed by atoms with Crippen molar-refractivity contribution in [2.45, 2.75) is 12.7 Å². The Bertz CT molecular complexity index is 457. The van der Waals surface area contributed by atoms with Crippen molar-refractivity contribution < 1.29 is 27.5 Å². The number of nitrogens with one attached hydrogen (secondary N) is 1. The molecule has 0 aliphatic rings. The molecule has 0 aliphatic carbocycles. The number of alkyl halides is 3. The third-order valence-electron chi connectivity index (χ3n) is 2.12. The highest BCUT2D eigenvalue weighted by molar-refractivity contribution is 5.91. The zero-order valence-corrected chi connectivity index (χ0v) is 9.38. The number of benzene rings is 1. The molecule has 0 aromatic heterocycles. The van der Waals surface area contributed by atoms with Crippen LogP contribution in [0.25, 0.3) is 0 Å². The lowest BCUT2D eigenvalue weighted by molar-refractivity contribution is -0.173. The van der Waals surface area contributed by atoms with Gasteiger partial charge in [0.2, 0.25) is 0 Å². The molecule has 18 heavy (non-hydrogen) atoms. The fourth-order valence-electron chi connectivity index (χ4n) is 1.26. The molecule has 1 rings (SSSR count). The Morgan fingerprint density at radius 3 is 2.44 bits per heavy atom. The van der Waals surface area contributed by atoms with Crippen LogP contribution in [0.15, 0.2) is 24.3 Å². The fraction of sp³-hybridized carbons (Fsp3) is 0.273. The average Bonchev–Trinajstić information content (AvgIpc) is 2.34. The average molecular weight is 261 g/mol. The summed E-state index contributed by atoms with van der Waals surface area (Å²) in [5.74, 6) is -2.73. The van der Waals surface area contributed by atoms with E-state index in [9.17, 15) is 22.8 Å². The lowest BCUT2D eigenvalue weighted by Crippen LogP contribution is -2.36. The van der Waals surface area contributed by atoms with Crippen molar-refractivity contribution in [2.24, 2.45) is 0 Å². The molecule has 0 radical (unpaired) electrons. The Morgan fingerprint density at radius 1 is 1.28 bits per heavy atom. The third-order valence-corrected chi connectivity index (χ3v) is 2.12. The van der Waals surface area contributed by atoms with Crippen molar-refractivity contribution in [1.82, 2.24) is 5.32 Å². The second-order valence-corrected chi connectivity index (χ2v) is 3.33. The molecule has 98 valence electrons. The van der Waals surface area contributed by atoms with Crippen LogP contribution in [0.4, 0.5) is 13.2 Å². The van der Waals surface area contributed by atoms with Gasteiger partial charge in [-0.1, -0.05) is 18.2 Å². The van der Waals surface area contributed by atoms with Crippen molar-refractivity contribution in [3.05, 3.63) is 35.4 Å². The van der Waals surface area contributed by atoms with Crippen molar-refractivity contribution in [3.63, 3.8) is 0 Å². The van der Waals surface area contributed by atoms with Gasteiger partial charge in [0.1, 0.15) is 0 Å². The Labute approximate surface area is 101 Å². The first kappa shape index (κ1) is 14.0. The number of ether oxygens (including phenoxy) is 1. The molecule has 0 aliphatic heterocycles. The van der Waals surface area contributed by atoms with E-state index >= 15 is 0 Å². The highest BCUT2D eigenvalue weighted by Crippen LogP contribution is 2.15. The number of esters is 1. The summed E-state index contributed by atoms with van der Waals surface area (Å²) in [7, 11) is 1.16. The molecule has 1 aromatic rings. The Balaban J connectivity index is 2.80. The van der Waals surface area contributed by atoms with Crippen LogP contribution in [0, 0.1) is 0 Å². The molecule has 0 atom stereocenters. The summed E-state index contributed by atoms with van der Waals surface area (Å²) in [6, 6.07) is 5.92. The van der Waals surface area contributed by atoms with Gasteiger partial charge >= 0.3 is 18.1 Å². The van der Waals surface area contributed by atoms with Gasteiger partial charge in [0.05, 0.1) is 12.7 Å². The second kappa shape index (κ2) is 5.52. The summed E-state index contributed by atoms with van der Waals surface area (Å²) in [6.45, 7) is -0.399. The molecule has 0 unspecified atom stereocenters. The number of carbonyl (C=O) groups is 2. The number of carbonyl (C=O) groups excluding carboxylic acids is 2. The number of hydrogen-bond donors (Lipinski definition) is 1. The minimum Gasteiger partial charge on any atom is -0.465 e. The van der Waals surface area contributed by atoms with E-state index in [-0.39, 0.29) is 11.1 Å². The topological polar surface area (TPSA) is 55.4 Å². The zero-order valence-electron chi connectivity index (χ0n) is 9.38. The Hall–Kier alpha value is -2.05. The van der Waals surface area contributed by atoms with Gasteiger partial charge in [-0.2, -0.15) is 13.2 Å². The molecule has 0 spiro atoms. The molecule has 1 aromatic carbocycles. The van der Waals surface area contributed by atoms with E-state index in [1.165, 1.54) is 12.1 Å².